The van der Waals surface area contributed by atoms with Gasteiger partial charge in [-0.15, -0.1) is 0 Å². The van der Waals surface area contributed by atoms with Crippen LogP contribution in [0.4, 0.5) is 0 Å². The van der Waals surface area contributed by atoms with E-state index in [9.17, 15) is 4.79 Å². The minimum atomic E-state index is -0.113. The number of rotatable bonds is 6. The molecule has 5 rings (SSSR count). The van der Waals surface area contributed by atoms with E-state index in [-0.39, 0.29) is 5.91 Å². The van der Waals surface area contributed by atoms with Gasteiger partial charge < -0.3 is 4.74 Å². The summed E-state index contributed by atoms with van der Waals surface area (Å²) in [5.74, 6) is 0.607. The van der Waals surface area contributed by atoms with Gasteiger partial charge in [0.25, 0.3) is 5.91 Å². The fraction of sp³-hybridized carbons (Fsp3) is 0.0741. The number of thiocarbonyl (C=S) groups is 1. The molecule has 0 spiro atoms. The zero-order valence-electron chi connectivity index (χ0n) is 18.7. The number of carbonyl (C=O) groups is 1. The lowest BCUT2D eigenvalue weighted by Gasteiger charge is -2.08. The number of para-hydroxylation sites is 1. The molecule has 3 aromatic carbocycles. The third-order valence-corrected chi connectivity index (χ3v) is 7.20. The van der Waals surface area contributed by atoms with Crippen molar-refractivity contribution in [3.05, 3.63) is 106 Å². The summed E-state index contributed by atoms with van der Waals surface area (Å²) < 4.78 is 8.38. The van der Waals surface area contributed by atoms with Crippen molar-refractivity contribution in [3.8, 4) is 22.7 Å². The quantitative estimate of drug-likeness (QED) is 0.213. The second kappa shape index (κ2) is 10.1. The number of likely N-dealkylation sites (N-methyl/N-ethyl adjacent to an activating group) is 1. The Bertz CT molecular complexity index is 1430. The molecule has 1 aliphatic heterocycles. The predicted molar refractivity (Wildman–Crippen MR) is 146 cm³/mol. The second-order valence-corrected chi connectivity index (χ2v) is 10.0. The Kier molecular flexibility index (Phi) is 6.72. The van der Waals surface area contributed by atoms with Crippen molar-refractivity contribution in [1.82, 2.24) is 14.7 Å². The molecule has 35 heavy (non-hydrogen) atoms. The van der Waals surface area contributed by atoms with E-state index in [0.717, 1.165) is 33.8 Å². The average Bonchev–Trinajstić information content (AvgIpc) is 3.41. The number of hydrogen-bond donors (Lipinski definition) is 0. The Morgan fingerprint density at radius 1 is 1.06 bits per heavy atom. The summed E-state index contributed by atoms with van der Waals surface area (Å²) in [6.07, 6.45) is 3.78. The Hall–Kier alpha value is -3.39. The van der Waals surface area contributed by atoms with Crippen LogP contribution in [-0.4, -0.2) is 32.0 Å². The van der Waals surface area contributed by atoms with Gasteiger partial charge in [0.1, 0.15) is 22.4 Å². The monoisotopic (exact) mass is 517 g/mol. The molecule has 8 heteroatoms. The molecule has 0 saturated carbocycles. The van der Waals surface area contributed by atoms with Crippen molar-refractivity contribution in [3.63, 3.8) is 0 Å². The van der Waals surface area contributed by atoms with Crippen molar-refractivity contribution < 1.29 is 9.53 Å². The van der Waals surface area contributed by atoms with Crippen molar-refractivity contribution in [2.45, 2.75) is 6.61 Å². The van der Waals surface area contributed by atoms with E-state index < -0.39 is 0 Å². The number of hydrogen-bond acceptors (Lipinski definition) is 5. The van der Waals surface area contributed by atoms with Crippen molar-refractivity contribution in [2.75, 3.05) is 7.05 Å². The van der Waals surface area contributed by atoms with Gasteiger partial charge >= 0.3 is 0 Å². The topological polar surface area (TPSA) is 47.4 Å². The predicted octanol–water partition coefficient (Wildman–Crippen LogP) is 6.60. The van der Waals surface area contributed by atoms with Crippen LogP contribution in [0.3, 0.4) is 0 Å². The third kappa shape index (κ3) is 5.17. The Balaban J connectivity index is 1.50. The summed E-state index contributed by atoms with van der Waals surface area (Å²) in [6.45, 7) is 0.422. The maximum Gasteiger partial charge on any atom is 0.265 e. The van der Waals surface area contributed by atoms with E-state index in [1.165, 1.54) is 16.7 Å². The Labute approximate surface area is 218 Å². The maximum absolute atomic E-state index is 12.6. The maximum atomic E-state index is 12.6. The minimum Gasteiger partial charge on any atom is -0.489 e. The molecule has 0 N–H and O–H groups in total. The fourth-order valence-corrected chi connectivity index (χ4v) is 4.89. The van der Waals surface area contributed by atoms with Crippen LogP contribution in [0.5, 0.6) is 5.75 Å². The molecule has 4 aromatic rings. The van der Waals surface area contributed by atoms with Crippen LogP contribution in [0.2, 0.25) is 5.02 Å². The number of carbonyl (C=O) groups excluding carboxylic acids is 1. The summed E-state index contributed by atoms with van der Waals surface area (Å²) in [7, 11) is 1.69. The highest BCUT2D eigenvalue weighted by Gasteiger charge is 2.29. The van der Waals surface area contributed by atoms with Gasteiger partial charge in [0, 0.05) is 29.4 Å². The molecule has 1 aliphatic rings. The summed E-state index contributed by atoms with van der Waals surface area (Å²) in [5.41, 5.74) is 4.39. The van der Waals surface area contributed by atoms with Crippen molar-refractivity contribution in [2.24, 2.45) is 0 Å². The first kappa shape index (κ1) is 23.4. The molecule has 2 heterocycles. The fourth-order valence-electron chi connectivity index (χ4n) is 3.60. The zero-order valence-corrected chi connectivity index (χ0v) is 21.1. The summed E-state index contributed by atoms with van der Waals surface area (Å²) in [4.78, 5) is 14.7. The van der Waals surface area contributed by atoms with Gasteiger partial charge in [-0.25, -0.2) is 4.68 Å². The molecule has 0 bridgehead atoms. The number of aromatic nitrogens is 2. The average molecular weight is 518 g/mol. The Morgan fingerprint density at radius 2 is 1.83 bits per heavy atom. The number of nitrogens with zero attached hydrogens (tertiary/aromatic N) is 3. The normalized spacial score (nSPS) is 14.7. The SMILES string of the molecule is CN1C(=O)C(=Cc2cn(-c3ccccc3)nc2-c2cccc(OCc3ccc(Cl)cc3)c2)SC1=S. The Morgan fingerprint density at radius 3 is 2.54 bits per heavy atom. The standard InChI is InChI=1S/C27H20ClN3O2S2/c1-30-26(32)24(35-27(30)34)15-20-16-31(22-7-3-2-4-8-22)29-25(20)19-6-5-9-23(14-19)33-17-18-10-12-21(28)13-11-18/h2-16H,17H2,1H3. The lowest BCUT2D eigenvalue weighted by molar-refractivity contribution is -0.121. The smallest absolute Gasteiger partial charge is 0.265 e. The van der Waals surface area contributed by atoms with Gasteiger partial charge in [-0.2, -0.15) is 5.10 Å². The van der Waals surface area contributed by atoms with E-state index in [0.29, 0.717) is 20.9 Å². The minimum absolute atomic E-state index is 0.113. The van der Waals surface area contributed by atoms with E-state index in [4.69, 9.17) is 33.7 Å². The number of benzene rings is 3. The molecule has 0 unspecified atom stereocenters. The first-order valence-electron chi connectivity index (χ1n) is 10.8. The summed E-state index contributed by atoms with van der Waals surface area (Å²) in [6, 6.07) is 25.2. The number of ether oxygens (including phenoxy) is 1. The molecule has 1 amide bonds. The van der Waals surface area contributed by atoms with Gasteiger partial charge in [-0.3, -0.25) is 9.69 Å². The van der Waals surface area contributed by atoms with Crippen LogP contribution >= 0.6 is 35.6 Å². The first-order valence-corrected chi connectivity index (χ1v) is 12.4. The lowest BCUT2D eigenvalue weighted by Crippen LogP contribution is -2.22. The number of thioether (sulfide) groups is 1. The lowest BCUT2D eigenvalue weighted by atomic mass is 10.1. The third-order valence-electron chi connectivity index (χ3n) is 5.46. The van der Waals surface area contributed by atoms with E-state index >= 15 is 0 Å². The van der Waals surface area contributed by atoms with E-state index in [1.807, 2.05) is 95.8 Å². The van der Waals surface area contributed by atoms with E-state index in [2.05, 4.69) is 0 Å². The molecule has 1 saturated heterocycles. The summed E-state index contributed by atoms with van der Waals surface area (Å²) in [5, 5.41) is 5.55. The highest BCUT2D eigenvalue weighted by Crippen LogP contribution is 2.34. The molecule has 0 radical (unpaired) electrons. The molecule has 0 aliphatic carbocycles. The molecule has 1 fully saturated rings. The van der Waals surface area contributed by atoms with Crippen molar-refractivity contribution >= 4 is 51.9 Å². The van der Waals surface area contributed by atoms with Gasteiger partial charge in [0.2, 0.25) is 0 Å². The van der Waals surface area contributed by atoms with Gasteiger partial charge in [-0.1, -0.05) is 78.0 Å². The molecular formula is C27H20ClN3O2S2. The van der Waals surface area contributed by atoms with Gasteiger partial charge in [0.05, 0.1) is 10.6 Å². The molecule has 1 aromatic heterocycles. The molecule has 174 valence electrons. The van der Waals surface area contributed by atoms with Crippen molar-refractivity contribution in [1.29, 1.82) is 0 Å². The summed E-state index contributed by atoms with van der Waals surface area (Å²) >= 11 is 12.6. The zero-order chi connectivity index (χ0) is 24.4. The highest BCUT2D eigenvalue weighted by molar-refractivity contribution is 8.26. The van der Waals surface area contributed by atoms with Crippen LogP contribution < -0.4 is 4.74 Å². The van der Waals surface area contributed by atoms with Gasteiger partial charge in [0.15, 0.2) is 0 Å². The second-order valence-electron chi connectivity index (χ2n) is 7.90. The van der Waals surface area contributed by atoms with Crippen LogP contribution in [-0.2, 0) is 11.4 Å². The highest BCUT2D eigenvalue weighted by atomic mass is 35.5. The number of halogens is 1. The van der Waals surface area contributed by atoms with Crippen LogP contribution in [0, 0.1) is 0 Å². The first-order chi connectivity index (χ1) is 17.0. The van der Waals surface area contributed by atoms with Gasteiger partial charge in [-0.05, 0) is 48.0 Å². The van der Waals surface area contributed by atoms with Crippen LogP contribution in [0.25, 0.3) is 23.0 Å². The molecule has 0 atom stereocenters. The largest absolute Gasteiger partial charge is 0.489 e. The molecule has 5 nitrogen and oxygen atoms in total. The van der Waals surface area contributed by atoms with Crippen LogP contribution in [0.15, 0.2) is 90.0 Å². The van der Waals surface area contributed by atoms with Crippen LogP contribution in [0.1, 0.15) is 11.1 Å². The van der Waals surface area contributed by atoms with E-state index in [1.54, 1.807) is 7.05 Å². The number of amides is 1. The molecular weight excluding hydrogens is 498 g/mol.